The molecule has 0 aromatic carbocycles. The minimum atomic E-state index is -4.56. The number of aliphatic hydroxyl groups is 1. The molecule has 0 rings (SSSR count). The molecule has 1 atom stereocenters. The molecular formula is C29H59NO4P+. The summed E-state index contributed by atoms with van der Waals surface area (Å²) >= 11 is 0. The van der Waals surface area contributed by atoms with Crippen LogP contribution in [-0.4, -0.2) is 52.4 Å². The van der Waals surface area contributed by atoms with Crippen molar-refractivity contribution in [1.29, 1.82) is 0 Å². The van der Waals surface area contributed by atoms with Crippen LogP contribution in [0.4, 0.5) is 0 Å². The van der Waals surface area contributed by atoms with Gasteiger partial charge in [0.1, 0.15) is 6.54 Å². The largest absolute Gasteiger partial charge is 0.373 e. The van der Waals surface area contributed by atoms with Crippen LogP contribution in [0.5, 0.6) is 0 Å². The van der Waals surface area contributed by atoms with Gasteiger partial charge in [0.25, 0.3) is 0 Å². The lowest BCUT2D eigenvalue weighted by Crippen LogP contribution is -2.49. The fourth-order valence-electron chi connectivity index (χ4n) is 4.49. The summed E-state index contributed by atoms with van der Waals surface area (Å²) in [6.45, 7) is 2.31. The molecule has 0 fully saturated rings. The van der Waals surface area contributed by atoms with Gasteiger partial charge in [0.05, 0.1) is 21.1 Å². The summed E-state index contributed by atoms with van der Waals surface area (Å²) in [6.07, 6.45) is 31.4. The molecule has 6 heteroatoms. The average Bonchev–Trinajstić information content (AvgIpc) is 2.75. The molecule has 0 saturated heterocycles. The van der Waals surface area contributed by atoms with E-state index >= 15 is 0 Å². The topological polar surface area (TPSA) is 77.8 Å². The summed E-state index contributed by atoms with van der Waals surface area (Å²) in [6, 6.07) is 0. The molecule has 0 spiro atoms. The molecule has 0 aliphatic heterocycles. The van der Waals surface area contributed by atoms with Crippen molar-refractivity contribution < 1.29 is 23.9 Å². The fourth-order valence-corrected chi connectivity index (χ4v) is 5.55. The molecule has 3 N–H and O–H groups in total. The van der Waals surface area contributed by atoms with E-state index in [9.17, 15) is 19.5 Å². The summed E-state index contributed by atoms with van der Waals surface area (Å²) in [4.78, 5) is 19.2. The van der Waals surface area contributed by atoms with E-state index in [-0.39, 0.29) is 13.0 Å². The molecule has 1 unspecified atom stereocenters. The zero-order valence-electron chi connectivity index (χ0n) is 23.6. The molecule has 0 heterocycles. The van der Waals surface area contributed by atoms with Gasteiger partial charge in [0, 0.05) is 0 Å². The third-order valence-corrected chi connectivity index (χ3v) is 7.97. The van der Waals surface area contributed by atoms with E-state index in [0.29, 0.717) is 10.9 Å². The Balaban J connectivity index is 3.60. The highest BCUT2D eigenvalue weighted by Crippen LogP contribution is 2.52. The Labute approximate surface area is 217 Å². The summed E-state index contributed by atoms with van der Waals surface area (Å²) in [7, 11) is 0.936. The van der Waals surface area contributed by atoms with Crippen LogP contribution in [0.25, 0.3) is 0 Å². The number of likely N-dealkylation sites (N-methyl/N-ethyl adjacent to an activating group) is 1. The Hall–Kier alpha value is -0.450. The maximum atomic E-state index is 11.8. The minimum Gasteiger partial charge on any atom is -0.373 e. The summed E-state index contributed by atoms with van der Waals surface area (Å²) in [5, 5.41) is 8.62. The number of nitrogens with zero attached hydrogens (tertiary/aromatic N) is 1. The Morgan fingerprint density at radius 2 is 0.971 bits per heavy atom. The lowest BCUT2D eigenvalue weighted by molar-refractivity contribution is -0.875. The van der Waals surface area contributed by atoms with Gasteiger partial charge in [-0.15, -0.1) is 0 Å². The zero-order valence-corrected chi connectivity index (χ0v) is 24.5. The maximum Gasteiger partial charge on any atom is 0.362 e. The molecule has 208 valence electrons. The van der Waals surface area contributed by atoms with E-state index in [1.54, 1.807) is 0 Å². The second kappa shape index (κ2) is 20.6. The second-order valence-electron chi connectivity index (χ2n) is 11.4. The van der Waals surface area contributed by atoms with Crippen molar-refractivity contribution in [3.05, 3.63) is 24.3 Å². The van der Waals surface area contributed by atoms with Crippen molar-refractivity contribution in [2.75, 3.05) is 27.7 Å². The standard InChI is InChI=1S/C29H58NO4P/c1-5-6-7-8-9-10-11-12-13-14-15-16-17-18-19-20-21-22-23-24-25-26-27-29(31,35(32,33)34)28-30(2,3)4/h12-13,22-23,31H,5-11,14-21,24-28H2,1-4H3,(H-,32,33,34)/p+1/b13-12-,23-22-. The van der Waals surface area contributed by atoms with Crippen LogP contribution in [0.3, 0.4) is 0 Å². The highest BCUT2D eigenvalue weighted by atomic mass is 31.2. The molecular weight excluding hydrogens is 457 g/mol. The highest BCUT2D eigenvalue weighted by Gasteiger charge is 2.48. The molecule has 0 amide bonds. The van der Waals surface area contributed by atoms with Crippen molar-refractivity contribution in [1.82, 2.24) is 0 Å². The third-order valence-electron chi connectivity index (χ3n) is 6.52. The van der Waals surface area contributed by atoms with Crippen molar-refractivity contribution in [3.63, 3.8) is 0 Å². The lowest BCUT2D eigenvalue weighted by atomic mass is 10.1. The van der Waals surface area contributed by atoms with Crippen molar-refractivity contribution >= 4 is 7.60 Å². The first-order valence-corrected chi connectivity index (χ1v) is 16.0. The first kappa shape index (κ1) is 34.6. The Morgan fingerprint density at radius 3 is 1.31 bits per heavy atom. The van der Waals surface area contributed by atoms with Crippen LogP contribution in [0.1, 0.15) is 129 Å². The molecule has 0 aromatic heterocycles. The fraction of sp³-hybridized carbons (Fsp3) is 0.862. The summed E-state index contributed by atoms with van der Waals surface area (Å²) < 4.78 is 12.1. The van der Waals surface area contributed by atoms with Crippen LogP contribution in [-0.2, 0) is 4.57 Å². The number of unbranched alkanes of at least 4 members (excludes halogenated alkanes) is 15. The maximum absolute atomic E-state index is 11.8. The average molecular weight is 517 g/mol. The first-order valence-electron chi connectivity index (χ1n) is 14.4. The Bertz CT molecular complexity index is 594. The Kier molecular flexibility index (Phi) is 20.3. The van der Waals surface area contributed by atoms with Gasteiger partial charge in [0.2, 0.25) is 5.34 Å². The quantitative estimate of drug-likeness (QED) is 0.0524. The monoisotopic (exact) mass is 516 g/mol. The molecule has 5 nitrogen and oxygen atoms in total. The van der Waals surface area contributed by atoms with Gasteiger partial charge in [-0.25, -0.2) is 0 Å². The zero-order chi connectivity index (χ0) is 26.5. The third kappa shape index (κ3) is 21.4. The van der Waals surface area contributed by atoms with E-state index in [2.05, 4.69) is 31.2 Å². The SMILES string of the molecule is CCCCCCCC/C=C\CCCCCCCC/C=C\CCCCC(O)(C[N+](C)(C)C)P(=O)(O)O. The predicted molar refractivity (Wildman–Crippen MR) is 152 cm³/mol. The molecule has 0 aliphatic rings. The molecule has 0 bridgehead atoms. The molecule has 0 saturated carbocycles. The number of rotatable bonds is 24. The van der Waals surface area contributed by atoms with Gasteiger partial charge >= 0.3 is 7.60 Å². The molecule has 35 heavy (non-hydrogen) atoms. The van der Waals surface area contributed by atoms with Crippen molar-refractivity contribution in [3.8, 4) is 0 Å². The smallest absolute Gasteiger partial charge is 0.362 e. The minimum absolute atomic E-state index is 0.0447. The number of hydrogen-bond acceptors (Lipinski definition) is 2. The Morgan fingerprint density at radius 1 is 0.629 bits per heavy atom. The molecule has 0 aliphatic carbocycles. The molecule has 0 aromatic rings. The van der Waals surface area contributed by atoms with E-state index in [0.717, 1.165) is 19.3 Å². The van der Waals surface area contributed by atoms with Crippen molar-refractivity contribution in [2.45, 2.75) is 134 Å². The number of hydrogen-bond donors (Lipinski definition) is 3. The predicted octanol–water partition coefficient (Wildman–Crippen LogP) is 8.10. The highest BCUT2D eigenvalue weighted by molar-refractivity contribution is 7.53. The van der Waals surface area contributed by atoms with Crippen LogP contribution in [0, 0.1) is 0 Å². The van der Waals surface area contributed by atoms with Crippen LogP contribution >= 0.6 is 7.60 Å². The first-order chi connectivity index (χ1) is 16.5. The number of allylic oxidation sites excluding steroid dienone is 4. The lowest BCUT2D eigenvalue weighted by Gasteiger charge is -2.35. The van der Waals surface area contributed by atoms with E-state index in [1.807, 2.05) is 21.1 Å². The van der Waals surface area contributed by atoms with Gasteiger partial charge in [-0.05, 0) is 64.2 Å². The van der Waals surface area contributed by atoms with Crippen LogP contribution in [0.2, 0.25) is 0 Å². The van der Waals surface area contributed by atoms with E-state index in [1.165, 1.54) is 89.9 Å². The van der Waals surface area contributed by atoms with Crippen LogP contribution in [0.15, 0.2) is 24.3 Å². The van der Waals surface area contributed by atoms with E-state index in [4.69, 9.17) is 0 Å². The summed E-state index contributed by atoms with van der Waals surface area (Å²) in [5.41, 5.74) is 0. The normalized spacial score (nSPS) is 14.8. The van der Waals surface area contributed by atoms with Gasteiger partial charge in [-0.1, -0.05) is 89.0 Å². The van der Waals surface area contributed by atoms with Gasteiger partial charge < -0.3 is 19.4 Å². The summed E-state index contributed by atoms with van der Waals surface area (Å²) in [5.74, 6) is 0. The van der Waals surface area contributed by atoms with Gasteiger partial charge in [-0.3, -0.25) is 4.57 Å². The second-order valence-corrected chi connectivity index (χ2v) is 13.3. The number of quaternary nitrogens is 1. The molecule has 0 radical (unpaired) electrons. The van der Waals surface area contributed by atoms with E-state index < -0.39 is 12.9 Å². The van der Waals surface area contributed by atoms with Crippen molar-refractivity contribution in [2.24, 2.45) is 0 Å². The van der Waals surface area contributed by atoms with Gasteiger partial charge in [-0.2, -0.15) is 0 Å². The van der Waals surface area contributed by atoms with Gasteiger partial charge in [0.15, 0.2) is 0 Å². The van der Waals surface area contributed by atoms with Crippen LogP contribution < -0.4 is 0 Å².